The van der Waals surface area contributed by atoms with Crippen LogP contribution in [0, 0.1) is 11.8 Å². The highest BCUT2D eigenvalue weighted by Gasteiger charge is 2.42. The van der Waals surface area contributed by atoms with Crippen molar-refractivity contribution in [1.29, 1.82) is 0 Å². The quantitative estimate of drug-likeness (QED) is 0.715. The molecule has 0 rings (SSSR count). The van der Waals surface area contributed by atoms with Gasteiger partial charge in [0.25, 0.3) is 0 Å². The molecule has 0 amide bonds. The van der Waals surface area contributed by atoms with Crippen LogP contribution in [0.3, 0.4) is 0 Å². The number of rotatable bonds is 6. The van der Waals surface area contributed by atoms with Crippen molar-refractivity contribution >= 4 is 13.4 Å². The van der Waals surface area contributed by atoms with Gasteiger partial charge in [0.05, 0.1) is 0 Å². The topological polar surface area (TPSA) is 74.6 Å². The van der Waals surface area contributed by atoms with Gasteiger partial charge >= 0.3 is 13.5 Å². The Labute approximate surface area is 93.2 Å². The number of hydrogen-bond donors (Lipinski definition) is 2. The van der Waals surface area contributed by atoms with Gasteiger partial charge in [-0.25, -0.2) is 0 Å². The normalized spacial score (nSPS) is 15.2. The van der Waals surface area contributed by atoms with Crippen LogP contribution in [0.15, 0.2) is 0 Å². The fourth-order valence-corrected chi connectivity index (χ4v) is 1.66. The molecule has 0 saturated carbocycles. The van der Waals surface area contributed by atoms with Crippen molar-refractivity contribution in [2.75, 3.05) is 6.16 Å². The summed E-state index contributed by atoms with van der Waals surface area (Å²) in [7, 11) is -4.71. The van der Waals surface area contributed by atoms with Gasteiger partial charge in [-0.3, -0.25) is 9.36 Å². The molecule has 0 aromatic rings. The monoisotopic (exact) mass is 258 g/mol. The van der Waals surface area contributed by atoms with Crippen LogP contribution in [-0.2, 0) is 9.36 Å². The first-order valence-corrected chi connectivity index (χ1v) is 6.71. The number of hydrogen-bond acceptors (Lipinski definition) is 2. The van der Waals surface area contributed by atoms with Crippen LogP contribution in [0.1, 0.15) is 27.2 Å². The third-order valence-corrected chi connectivity index (χ3v) is 3.17. The number of ketones is 1. The molecule has 0 aliphatic carbocycles. The van der Waals surface area contributed by atoms with Crippen molar-refractivity contribution in [3.8, 4) is 0 Å². The van der Waals surface area contributed by atoms with Gasteiger partial charge < -0.3 is 9.79 Å². The molecular weight excluding hydrogens is 241 g/mol. The first-order valence-electron chi connectivity index (χ1n) is 4.91. The number of halogens is 2. The molecule has 0 radical (unpaired) electrons. The molecule has 1 atom stereocenters. The van der Waals surface area contributed by atoms with Crippen molar-refractivity contribution in [2.45, 2.75) is 33.1 Å². The minimum atomic E-state index is -4.71. The maximum absolute atomic E-state index is 13.3. The van der Waals surface area contributed by atoms with Crippen molar-refractivity contribution in [3.05, 3.63) is 0 Å². The molecule has 0 aromatic carbocycles. The fraction of sp³-hybridized carbons (Fsp3) is 0.889. The zero-order valence-electron chi connectivity index (χ0n) is 9.48. The Balaban J connectivity index is 4.55. The summed E-state index contributed by atoms with van der Waals surface area (Å²) in [6, 6.07) is 0. The molecule has 96 valence electrons. The Morgan fingerprint density at radius 2 is 1.75 bits per heavy atom. The Bertz CT molecular complexity index is 298. The van der Waals surface area contributed by atoms with E-state index in [9.17, 15) is 18.1 Å². The Hall–Kier alpha value is -0.320. The molecule has 0 spiro atoms. The van der Waals surface area contributed by atoms with Crippen molar-refractivity contribution < 1.29 is 27.9 Å². The predicted molar refractivity (Wildman–Crippen MR) is 55.5 cm³/mol. The SMILES string of the molecule is CC(C)C(C)CC(F)(F)C(=O)CP(=O)(O)O. The third-order valence-electron chi connectivity index (χ3n) is 2.47. The average molecular weight is 258 g/mol. The second-order valence-electron chi connectivity index (χ2n) is 4.38. The van der Waals surface area contributed by atoms with Gasteiger partial charge in [0.1, 0.15) is 6.16 Å². The molecule has 2 N–H and O–H groups in total. The summed E-state index contributed by atoms with van der Waals surface area (Å²) in [6.45, 7) is 5.06. The van der Waals surface area contributed by atoms with Crippen LogP contribution in [-0.4, -0.2) is 27.7 Å². The van der Waals surface area contributed by atoms with Gasteiger partial charge in [0, 0.05) is 6.42 Å². The maximum atomic E-state index is 13.3. The molecule has 1 unspecified atom stereocenters. The van der Waals surface area contributed by atoms with E-state index in [4.69, 9.17) is 9.79 Å². The average Bonchev–Trinajstić information content (AvgIpc) is 1.99. The van der Waals surface area contributed by atoms with E-state index in [1.54, 1.807) is 20.8 Å². The lowest BCUT2D eigenvalue weighted by Gasteiger charge is -2.22. The van der Waals surface area contributed by atoms with Crippen molar-refractivity contribution in [3.63, 3.8) is 0 Å². The first kappa shape index (κ1) is 15.7. The Morgan fingerprint density at radius 3 is 2.06 bits per heavy atom. The largest absolute Gasteiger partial charge is 0.333 e. The van der Waals surface area contributed by atoms with Crippen LogP contribution in [0.2, 0.25) is 0 Å². The van der Waals surface area contributed by atoms with Crippen LogP contribution in [0.4, 0.5) is 8.78 Å². The molecule has 7 heteroatoms. The van der Waals surface area contributed by atoms with Crippen molar-refractivity contribution in [1.82, 2.24) is 0 Å². The molecule has 16 heavy (non-hydrogen) atoms. The second-order valence-corrected chi connectivity index (χ2v) is 6.02. The van der Waals surface area contributed by atoms with Gasteiger partial charge in [0.15, 0.2) is 0 Å². The molecule has 4 nitrogen and oxygen atoms in total. The summed E-state index contributed by atoms with van der Waals surface area (Å²) >= 11 is 0. The van der Waals surface area contributed by atoms with Gasteiger partial charge in [0.2, 0.25) is 5.78 Å². The molecule has 0 aliphatic rings. The summed E-state index contributed by atoms with van der Waals surface area (Å²) in [5.41, 5.74) is 0. The predicted octanol–water partition coefficient (Wildman–Crippen LogP) is 2.05. The summed E-state index contributed by atoms with van der Waals surface area (Å²) in [5.74, 6) is -5.76. The van der Waals surface area contributed by atoms with Crippen LogP contribution < -0.4 is 0 Å². The van der Waals surface area contributed by atoms with Gasteiger partial charge in [-0.05, 0) is 11.8 Å². The number of carbonyl (C=O) groups excluding carboxylic acids is 1. The number of alkyl halides is 2. The molecular formula is C9H17F2O4P. The van der Waals surface area contributed by atoms with E-state index in [2.05, 4.69) is 0 Å². The summed E-state index contributed by atoms with van der Waals surface area (Å²) in [4.78, 5) is 27.9. The fourth-order valence-electron chi connectivity index (χ4n) is 1.06. The smallest absolute Gasteiger partial charge is 0.324 e. The maximum Gasteiger partial charge on any atom is 0.333 e. The molecule has 0 aliphatic heterocycles. The molecule has 0 aromatic heterocycles. The minimum absolute atomic E-state index is 0.0197. The first-order chi connectivity index (χ1) is 6.96. The van der Waals surface area contributed by atoms with Crippen molar-refractivity contribution in [2.24, 2.45) is 11.8 Å². The lowest BCUT2D eigenvalue weighted by molar-refractivity contribution is -0.143. The van der Waals surface area contributed by atoms with E-state index >= 15 is 0 Å². The highest BCUT2D eigenvalue weighted by Crippen LogP contribution is 2.38. The standard InChI is InChI=1S/C9H17F2O4P/c1-6(2)7(3)4-9(10,11)8(12)5-16(13,14)15/h6-7H,4-5H2,1-3H3,(H2,13,14,15). The highest BCUT2D eigenvalue weighted by molar-refractivity contribution is 7.52. The Morgan fingerprint density at radius 1 is 1.31 bits per heavy atom. The number of carbonyl (C=O) groups is 1. The zero-order chi connectivity index (χ0) is 13.1. The number of Topliss-reactive ketones (excluding diaryl/α,β-unsaturated/α-hetero) is 1. The lowest BCUT2D eigenvalue weighted by atomic mass is 9.90. The van der Waals surface area contributed by atoms with E-state index < -0.39 is 37.8 Å². The minimum Gasteiger partial charge on any atom is -0.324 e. The van der Waals surface area contributed by atoms with Crippen LogP contribution in [0.5, 0.6) is 0 Å². The van der Waals surface area contributed by atoms with Crippen LogP contribution in [0.25, 0.3) is 0 Å². The van der Waals surface area contributed by atoms with Gasteiger partial charge in [-0.15, -0.1) is 0 Å². The third kappa shape index (κ3) is 5.68. The highest BCUT2D eigenvalue weighted by atomic mass is 31.2. The molecule has 0 saturated heterocycles. The van der Waals surface area contributed by atoms with Gasteiger partial charge in [-0.1, -0.05) is 20.8 Å². The van der Waals surface area contributed by atoms with Gasteiger partial charge in [-0.2, -0.15) is 8.78 Å². The summed E-state index contributed by atoms with van der Waals surface area (Å²) in [5, 5.41) is 0. The second kappa shape index (κ2) is 5.34. The molecule has 0 fully saturated rings. The Kier molecular flexibility index (Phi) is 5.23. The van der Waals surface area contributed by atoms with Crippen LogP contribution >= 0.6 is 7.60 Å². The van der Waals surface area contributed by atoms with E-state index in [0.717, 1.165) is 0 Å². The molecule has 0 bridgehead atoms. The summed E-state index contributed by atoms with van der Waals surface area (Å²) in [6.07, 6.45) is -2.08. The van der Waals surface area contributed by atoms with E-state index in [0.29, 0.717) is 0 Å². The van der Waals surface area contributed by atoms with E-state index in [1.807, 2.05) is 0 Å². The zero-order valence-corrected chi connectivity index (χ0v) is 10.4. The summed E-state index contributed by atoms with van der Waals surface area (Å²) < 4.78 is 37.0. The molecule has 0 heterocycles. The lowest BCUT2D eigenvalue weighted by Crippen LogP contribution is -2.34. The van der Waals surface area contributed by atoms with E-state index in [1.165, 1.54) is 0 Å². The van der Waals surface area contributed by atoms with E-state index in [-0.39, 0.29) is 5.92 Å².